The second-order valence-corrected chi connectivity index (χ2v) is 6.37. The van der Waals surface area contributed by atoms with Gasteiger partial charge in [-0.05, 0) is 24.6 Å². The number of nitrogens with two attached hydrogens (primary N) is 1. The molecule has 0 aliphatic carbocycles. The first-order valence-corrected chi connectivity index (χ1v) is 7.22. The minimum Gasteiger partial charge on any atom is -0.506 e. The van der Waals surface area contributed by atoms with Gasteiger partial charge in [0.05, 0.1) is 11.9 Å². The molecule has 0 saturated heterocycles. The van der Waals surface area contributed by atoms with Crippen molar-refractivity contribution in [2.75, 3.05) is 11.0 Å². The van der Waals surface area contributed by atoms with Gasteiger partial charge in [0.1, 0.15) is 11.3 Å². The Kier molecular flexibility index (Phi) is 4.06. The van der Waals surface area contributed by atoms with Gasteiger partial charge in [0, 0.05) is 6.42 Å². The van der Waals surface area contributed by atoms with Crippen molar-refractivity contribution < 1.29 is 23.4 Å². The number of aromatic hydroxyl groups is 1. The van der Waals surface area contributed by atoms with Crippen LogP contribution in [0.5, 0.6) is 5.75 Å². The molecule has 0 saturated carbocycles. The summed E-state index contributed by atoms with van der Waals surface area (Å²) in [4.78, 5) is 10.9. The van der Waals surface area contributed by atoms with Crippen LogP contribution in [0.3, 0.4) is 0 Å². The molecule has 0 amide bonds. The van der Waals surface area contributed by atoms with E-state index in [2.05, 4.69) is 4.72 Å². The number of phenolic OH excluding ortho intramolecular Hbond substituents is 1. The number of hydrogen-bond donors (Lipinski definition) is 4. The summed E-state index contributed by atoms with van der Waals surface area (Å²) in [5.74, 6) is -1.45. The van der Waals surface area contributed by atoms with Crippen LogP contribution in [-0.2, 0) is 21.2 Å². The Bertz CT molecular complexity index is 595. The second kappa shape index (κ2) is 5.06. The first-order valence-electron chi connectivity index (χ1n) is 5.33. The second-order valence-electron chi connectivity index (χ2n) is 4.63. The molecule has 0 bridgehead atoms. The van der Waals surface area contributed by atoms with Gasteiger partial charge >= 0.3 is 5.97 Å². The number of carbonyl (C=O) groups is 1. The van der Waals surface area contributed by atoms with E-state index in [4.69, 9.17) is 10.8 Å². The van der Waals surface area contributed by atoms with Crippen LogP contribution in [-0.4, -0.2) is 36.4 Å². The molecule has 8 heteroatoms. The van der Waals surface area contributed by atoms with Crippen molar-refractivity contribution in [2.45, 2.75) is 18.9 Å². The summed E-state index contributed by atoms with van der Waals surface area (Å²) < 4.78 is 24.2. The fourth-order valence-electron chi connectivity index (χ4n) is 1.47. The normalized spacial score (nSPS) is 14.7. The molecule has 1 atom stereocenters. The van der Waals surface area contributed by atoms with Gasteiger partial charge in [-0.2, -0.15) is 0 Å². The van der Waals surface area contributed by atoms with Gasteiger partial charge in [-0.25, -0.2) is 8.42 Å². The van der Waals surface area contributed by atoms with Crippen LogP contribution in [0.15, 0.2) is 18.2 Å². The molecule has 0 heterocycles. The van der Waals surface area contributed by atoms with Crippen molar-refractivity contribution in [1.82, 2.24) is 0 Å². The number of carboxylic acid groups (broad SMARTS) is 1. The highest BCUT2D eigenvalue weighted by molar-refractivity contribution is 7.92. The first kappa shape index (κ1) is 15.3. The largest absolute Gasteiger partial charge is 0.506 e. The lowest BCUT2D eigenvalue weighted by molar-refractivity contribution is -0.142. The third-order valence-electron chi connectivity index (χ3n) is 2.42. The third-order valence-corrected chi connectivity index (χ3v) is 3.01. The molecule has 19 heavy (non-hydrogen) atoms. The fourth-order valence-corrected chi connectivity index (χ4v) is 2.04. The van der Waals surface area contributed by atoms with E-state index in [-0.39, 0.29) is 17.9 Å². The Labute approximate surface area is 111 Å². The number of carboxylic acids is 1. The summed E-state index contributed by atoms with van der Waals surface area (Å²) in [7, 11) is -3.49. The van der Waals surface area contributed by atoms with E-state index in [0.29, 0.717) is 5.56 Å². The predicted molar refractivity (Wildman–Crippen MR) is 70.5 cm³/mol. The minimum absolute atomic E-state index is 0.00898. The Morgan fingerprint density at radius 1 is 1.47 bits per heavy atom. The number of aliphatic carboxylic acids is 1. The van der Waals surface area contributed by atoms with Gasteiger partial charge in [0.25, 0.3) is 0 Å². The quantitative estimate of drug-likeness (QED) is 0.569. The van der Waals surface area contributed by atoms with Gasteiger partial charge in [-0.1, -0.05) is 6.07 Å². The maximum absolute atomic E-state index is 11.0. The SMILES string of the molecule is C[C@](N)(Cc1ccc(NS(C)(=O)=O)c(O)c1)C(=O)O. The minimum atomic E-state index is -3.49. The number of anilines is 1. The molecular formula is C11H16N2O5S. The smallest absolute Gasteiger partial charge is 0.323 e. The summed E-state index contributed by atoms with van der Waals surface area (Å²) in [5, 5.41) is 18.6. The summed E-state index contributed by atoms with van der Waals surface area (Å²) in [5.41, 5.74) is 4.65. The third kappa shape index (κ3) is 4.42. The van der Waals surface area contributed by atoms with Gasteiger partial charge in [-0.15, -0.1) is 0 Å². The molecule has 0 fully saturated rings. The fraction of sp³-hybridized carbons (Fsp3) is 0.364. The van der Waals surface area contributed by atoms with Gasteiger partial charge < -0.3 is 15.9 Å². The summed E-state index contributed by atoms with van der Waals surface area (Å²) in [6.07, 6.45) is 0.969. The maximum Gasteiger partial charge on any atom is 0.323 e. The molecule has 0 aliphatic heterocycles. The Morgan fingerprint density at radius 3 is 2.47 bits per heavy atom. The van der Waals surface area contributed by atoms with Crippen LogP contribution in [0.4, 0.5) is 5.69 Å². The Hall–Kier alpha value is -1.80. The van der Waals surface area contributed by atoms with Crippen LogP contribution >= 0.6 is 0 Å². The summed E-state index contributed by atoms with van der Waals surface area (Å²) in [6, 6.07) is 4.13. The van der Waals surface area contributed by atoms with E-state index in [1.165, 1.54) is 25.1 Å². The standard InChI is InChI=1S/C11H16N2O5S/c1-11(12,10(15)16)6-7-3-4-8(9(14)5-7)13-19(2,17)18/h3-5,13-14H,6,12H2,1-2H3,(H,15,16)/t11-/m0/s1. The lowest BCUT2D eigenvalue weighted by Crippen LogP contribution is -2.46. The van der Waals surface area contributed by atoms with Crippen molar-refractivity contribution in [1.29, 1.82) is 0 Å². The summed E-state index contributed by atoms with van der Waals surface area (Å²) >= 11 is 0. The van der Waals surface area contributed by atoms with Crippen molar-refractivity contribution in [3.8, 4) is 5.75 Å². The molecule has 5 N–H and O–H groups in total. The van der Waals surface area contributed by atoms with Crippen molar-refractivity contribution >= 4 is 21.7 Å². The number of hydrogen-bond acceptors (Lipinski definition) is 5. The van der Waals surface area contributed by atoms with Crippen LogP contribution in [0.25, 0.3) is 0 Å². The van der Waals surface area contributed by atoms with Crippen LogP contribution in [0, 0.1) is 0 Å². The lowest BCUT2D eigenvalue weighted by Gasteiger charge is -2.19. The number of rotatable bonds is 5. The van der Waals surface area contributed by atoms with E-state index in [1.807, 2.05) is 0 Å². The first-order chi connectivity index (χ1) is 8.51. The van der Waals surface area contributed by atoms with Gasteiger partial charge in [0.15, 0.2) is 0 Å². The molecule has 0 spiro atoms. The lowest BCUT2D eigenvalue weighted by atomic mass is 9.94. The van der Waals surface area contributed by atoms with Crippen molar-refractivity contribution in [2.24, 2.45) is 5.73 Å². The summed E-state index contributed by atoms with van der Waals surface area (Å²) in [6.45, 7) is 1.36. The zero-order valence-electron chi connectivity index (χ0n) is 10.5. The molecule has 0 aliphatic rings. The van der Waals surface area contributed by atoms with Crippen LogP contribution < -0.4 is 10.5 Å². The topological polar surface area (TPSA) is 130 Å². The van der Waals surface area contributed by atoms with Gasteiger partial charge in [-0.3, -0.25) is 9.52 Å². The average molecular weight is 288 g/mol. The average Bonchev–Trinajstić information content (AvgIpc) is 2.19. The van der Waals surface area contributed by atoms with E-state index in [9.17, 15) is 18.3 Å². The molecule has 1 aromatic rings. The zero-order chi connectivity index (χ0) is 14.8. The van der Waals surface area contributed by atoms with Crippen molar-refractivity contribution in [3.63, 3.8) is 0 Å². The molecule has 106 valence electrons. The number of phenols is 1. The molecular weight excluding hydrogens is 272 g/mol. The van der Waals surface area contributed by atoms with Crippen LogP contribution in [0.2, 0.25) is 0 Å². The van der Waals surface area contributed by atoms with Gasteiger partial charge in [0.2, 0.25) is 10.0 Å². The van der Waals surface area contributed by atoms with Crippen molar-refractivity contribution in [3.05, 3.63) is 23.8 Å². The highest BCUT2D eigenvalue weighted by Gasteiger charge is 2.28. The number of benzene rings is 1. The van der Waals surface area contributed by atoms with E-state index < -0.39 is 21.5 Å². The monoisotopic (exact) mass is 288 g/mol. The van der Waals surface area contributed by atoms with E-state index in [0.717, 1.165) is 6.26 Å². The highest BCUT2D eigenvalue weighted by Crippen LogP contribution is 2.26. The molecule has 0 unspecified atom stereocenters. The highest BCUT2D eigenvalue weighted by atomic mass is 32.2. The Morgan fingerprint density at radius 2 is 2.05 bits per heavy atom. The molecule has 7 nitrogen and oxygen atoms in total. The molecule has 1 rings (SSSR count). The molecule has 0 aromatic heterocycles. The maximum atomic E-state index is 11.0. The molecule has 1 aromatic carbocycles. The van der Waals surface area contributed by atoms with E-state index >= 15 is 0 Å². The van der Waals surface area contributed by atoms with Crippen LogP contribution in [0.1, 0.15) is 12.5 Å². The number of sulfonamides is 1. The molecule has 0 radical (unpaired) electrons. The predicted octanol–water partition coefficient (Wildman–Crippen LogP) is 0.108. The Balaban J connectivity index is 2.98. The zero-order valence-corrected chi connectivity index (χ0v) is 11.4. The van der Waals surface area contributed by atoms with E-state index in [1.54, 1.807) is 0 Å². The number of nitrogens with one attached hydrogen (secondary N) is 1.